The van der Waals surface area contributed by atoms with E-state index >= 15 is 33.6 Å². The molecule has 752 valence electrons. The van der Waals surface area contributed by atoms with E-state index in [1.165, 1.54) is 66.5 Å². The number of hydrogen-bond donors (Lipinski definition) is 18. The first-order valence-corrected chi connectivity index (χ1v) is 47.0. The molecule has 2 aliphatic heterocycles. The maximum Gasteiger partial charge on any atom is 0.390 e. The fourth-order valence-corrected chi connectivity index (χ4v) is 17.4. The minimum absolute atomic E-state index is 0.00402. The van der Waals surface area contributed by atoms with Crippen LogP contribution in [0, 0.1) is 11.8 Å². The van der Waals surface area contributed by atoms with Crippen molar-refractivity contribution in [1.82, 2.24) is 87.3 Å². The molecule has 0 spiro atoms. The maximum atomic E-state index is 15.8. The first-order valence-electron chi connectivity index (χ1n) is 45.8. The first-order chi connectivity index (χ1) is 65.4. The number of alkyl halides is 3. The van der Waals surface area contributed by atoms with Crippen LogP contribution >= 0.6 is 11.8 Å². The molecule has 6 aromatic rings. The molecule has 0 unspecified atom stereocenters. The molecule has 5 heterocycles. The molecule has 2 fully saturated rings. The number of hydrogen-bond acceptors (Lipinski definition) is 22. The Morgan fingerprint density at radius 2 is 1.14 bits per heavy atom. The molecule has 2 aliphatic rings. The highest BCUT2D eigenvalue weighted by atomic mass is 32.2. The average Bonchev–Trinajstić information content (AvgIpc) is 1.48. The van der Waals surface area contributed by atoms with E-state index in [1.54, 1.807) is 74.8 Å². The number of H-pyrrole nitrogens is 3. The number of carboxylic acids is 1. The van der Waals surface area contributed by atoms with Gasteiger partial charge in [0.2, 0.25) is 94.5 Å². The van der Waals surface area contributed by atoms with Crippen LogP contribution < -0.4 is 65.1 Å². The van der Waals surface area contributed by atoms with Crippen LogP contribution in [0.15, 0.2) is 104 Å². The van der Waals surface area contributed by atoms with Gasteiger partial charge in [-0.05, 0) is 111 Å². The number of aromatic nitrogens is 3. The van der Waals surface area contributed by atoms with Gasteiger partial charge in [-0.1, -0.05) is 102 Å². The Kier molecular flexibility index (Phi) is 41.5. The summed E-state index contributed by atoms with van der Waals surface area (Å²) < 4.78 is 43.1. The quantitative estimate of drug-likeness (QED) is 0.0318. The van der Waals surface area contributed by atoms with Gasteiger partial charge in [-0.15, -0.1) is 11.8 Å². The molecule has 0 radical (unpaired) electrons. The highest BCUT2D eigenvalue weighted by Crippen LogP contribution is 2.30. The van der Waals surface area contributed by atoms with Crippen molar-refractivity contribution in [3.8, 4) is 5.75 Å². The van der Waals surface area contributed by atoms with E-state index in [4.69, 9.17) is 17.2 Å². The SMILES string of the molecule is CCCC[C@H]1C(=O)N(C)[C@@H](CCCC)C(=O)N[C@@H](CC(C)C)C(=O)N[C@H](C(=O)NCC(N)=O)CSCC(=O)N[C@@H](Cc2ccc(O)cc2)C(=O)N(C)[C@@H](C)C(=O)N[C@@H](CC(N)=O)C(=O)N(CCC(F)(F)F)CC(=O)N[C@@H](Cc2ccc[nH]2)C(=O)N[C@@H](CCC(=O)O)C(=O)N2C[C@H](O)C[C@H]2C(=O)C[C@@H](Cc2c[nH]c3ccccc23)C(=O)N[C@@H](CCN)C(=O)N[C@@H](Cc2c[nH]c3ccccc23)C(=O)N1C. The van der Waals surface area contributed by atoms with Crippen LogP contribution in [0.3, 0.4) is 0 Å². The van der Waals surface area contributed by atoms with Gasteiger partial charge >= 0.3 is 12.1 Å². The topological polar surface area (TPSA) is 618 Å². The third kappa shape index (κ3) is 32.4. The number of halogens is 3. The van der Waals surface area contributed by atoms with Crippen LogP contribution in [0.5, 0.6) is 5.75 Å². The van der Waals surface area contributed by atoms with Gasteiger partial charge in [0.25, 0.3) is 0 Å². The molecule has 0 aliphatic carbocycles. The molecular formula is C93H127F3N20O21S. The highest BCUT2D eigenvalue weighted by Gasteiger charge is 2.46. The Bertz CT molecular complexity index is 5290. The molecule has 45 heteroatoms. The fraction of sp³-hybridized carbons (Fsp3) is 0.527. The number of Topliss-reactive ketones (excluding diaryl/α,β-unsaturated/α-hetero) is 1. The number of thioether (sulfide) groups is 1. The predicted molar refractivity (Wildman–Crippen MR) is 500 cm³/mol. The zero-order valence-electron chi connectivity index (χ0n) is 78.4. The number of benzene rings is 3. The maximum absolute atomic E-state index is 15.8. The molecule has 0 saturated carbocycles. The van der Waals surface area contributed by atoms with Gasteiger partial charge < -0.3 is 120 Å². The van der Waals surface area contributed by atoms with E-state index in [1.807, 2.05) is 13.8 Å². The number of fused-ring (bicyclic) bond motifs is 3. The van der Waals surface area contributed by atoms with Gasteiger partial charge in [0, 0.05) is 131 Å². The number of likely N-dealkylation sites (N-methyl/N-ethyl adjacent to an activating group) is 3. The smallest absolute Gasteiger partial charge is 0.390 e. The van der Waals surface area contributed by atoms with E-state index in [0.29, 0.717) is 69.1 Å². The molecule has 2 saturated heterocycles. The van der Waals surface area contributed by atoms with Gasteiger partial charge in [-0.2, -0.15) is 13.2 Å². The lowest BCUT2D eigenvalue weighted by Gasteiger charge is -2.36. The summed E-state index contributed by atoms with van der Waals surface area (Å²) >= 11 is 0.728. The zero-order valence-corrected chi connectivity index (χ0v) is 79.2. The summed E-state index contributed by atoms with van der Waals surface area (Å²) in [7, 11) is 3.81. The molecule has 0 bridgehead atoms. The second-order valence-electron chi connectivity index (χ2n) is 35.2. The third-order valence-electron chi connectivity index (χ3n) is 24.2. The summed E-state index contributed by atoms with van der Waals surface area (Å²) in [5, 5.41) is 56.0. The minimum atomic E-state index is -5.07. The van der Waals surface area contributed by atoms with Gasteiger partial charge in [0.1, 0.15) is 72.2 Å². The number of aliphatic hydroxyl groups excluding tert-OH is 1. The number of carbonyl (C=O) groups excluding carboxylic acids is 17. The Labute approximate surface area is 799 Å². The van der Waals surface area contributed by atoms with E-state index in [0.717, 1.165) is 35.5 Å². The van der Waals surface area contributed by atoms with Crippen LogP contribution in [-0.4, -0.2) is 311 Å². The fourth-order valence-electron chi connectivity index (χ4n) is 16.5. The third-order valence-corrected chi connectivity index (χ3v) is 25.2. The normalized spacial score (nSPS) is 23.8. The number of aromatic hydroxyl groups is 1. The number of nitrogens with zero attached hydrogens (tertiary/aromatic N) is 5. The van der Waals surface area contributed by atoms with E-state index in [2.05, 4.69) is 62.8 Å². The number of nitrogens with two attached hydrogens (primary N) is 3. The van der Waals surface area contributed by atoms with Crippen LogP contribution in [0.2, 0.25) is 0 Å². The standard InChI is InChI=1S/C93H127F3N20O21S/c1-9-11-23-72-87(132)108-66(36-51(3)4)85(130)111-71(83(128)103-46-77(99)121)49-138-50-79(123)105-68(37-53-25-27-58(117)28-26-53)88(133)112(6)52(5)81(126)109-70(43-76(98)120)90(135)115(35-32-93(94,95)96)48-78(122)104-67(41-57-18-17-34-100-57)86(131)107-65(29-30-80(124)125)91(136)116-47-59(118)42-74(116)75(119)40-54(38-55-44-101-62-21-15-13-19-60(55)62)82(127)106-64(31-33-97)84(129)110-69(39-56-45-102-63-22-16-14-20-61(56)63)89(134)114(8)73(24-12-10-2)92(137)113(72)7/h13-22,25-28,34,44-45,51-52,54,59,64-74,100-102,117-118H,9-12,23-24,29-33,35-43,46-50,97H2,1-8H3,(H2,98,120)(H2,99,121)(H,103,128)(H,104,122)(H,105,123)(H,106,127)(H,107,131)(H,108,132)(H,109,126)(H,110,129)(H,111,130)(H,124,125)/t52-,54+,59+,64-,65-,66-,67-,68-,69-,70-,71-,72-,73-,74-/m0/s1. The van der Waals surface area contributed by atoms with Crippen molar-refractivity contribution in [3.05, 3.63) is 126 Å². The van der Waals surface area contributed by atoms with E-state index < -0.39 is 280 Å². The van der Waals surface area contributed by atoms with Gasteiger partial charge in [-0.3, -0.25) is 86.3 Å². The van der Waals surface area contributed by atoms with Gasteiger partial charge in [0.05, 0.1) is 43.8 Å². The summed E-state index contributed by atoms with van der Waals surface area (Å²) in [6, 6.07) is 2.32. The largest absolute Gasteiger partial charge is 0.508 e. The van der Waals surface area contributed by atoms with E-state index in [9.17, 15) is 81.2 Å². The lowest BCUT2D eigenvalue weighted by Crippen LogP contribution is -2.60. The summed E-state index contributed by atoms with van der Waals surface area (Å²) in [5.41, 5.74) is 20.0. The summed E-state index contributed by atoms with van der Waals surface area (Å²) in [6.45, 7) is 3.92. The number of carboxylic acid groups (broad SMARTS) is 1. The number of aliphatic carboxylic acids is 1. The number of aromatic amines is 3. The zero-order chi connectivity index (χ0) is 102. The highest BCUT2D eigenvalue weighted by molar-refractivity contribution is 8.00. The van der Waals surface area contributed by atoms with Crippen molar-refractivity contribution in [2.75, 3.05) is 65.4 Å². The van der Waals surface area contributed by atoms with Crippen LogP contribution in [0.4, 0.5) is 13.2 Å². The first kappa shape index (κ1) is 110. The Morgan fingerprint density at radius 3 is 1.73 bits per heavy atom. The number of carbonyl (C=O) groups is 18. The van der Waals surface area contributed by atoms with Crippen LogP contribution in [0.25, 0.3) is 21.8 Å². The number of phenols is 1. The lowest BCUT2D eigenvalue weighted by molar-refractivity contribution is -0.151. The summed E-state index contributed by atoms with van der Waals surface area (Å²) in [4.78, 5) is 276. The molecule has 138 heavy (non-hydrogen) atoms. The summed E-state index contributed by atoms with van der Waals surface area (Å²) in [6.07, 6.45) is -7.77. The van der Waals surface area contributed by atoms with Crippen molar-refractivity contribution in [3.63, 3.8) is 0 Å². The van der Waals surface area contributed by atoms with Crippen LogP contribution in [0.1, 0.15) is 147 Å². The predicted octanol–water partition coefficient (Wildman–Crippen LogP) is 0.515. The molecule has 8 rings (SSSR count). The number of nitrogens with one attached hydrogen (secondary N) is 12. The summed E-state index contributed by atoms with van der Waals surface area (Å²) in [5.74, 6) is -22.5. The Balaban J connectivity index is 1.22. The Hall–Kier alpha value is -13.5. The van der Waals surface area contributed by atoms with Crippen molar-refractivity contribution >= 4 is 140 Å². The molecule has 3 aromatic heterocycles. The van der Waals surface area contributed by atoms with Crippen LogP contribution in [-0.2, 0) is 112 Å². The molecule has 14 atom stereocenters. The second-order valence-corrected chi connectivity index (χ2v) is 36.3. The number of phenolic OH excluding ortho intramolecular Hbond substituents is 1. The molecule has 41 nitrogen and oxygen atoms in total. The number of amides is 16. The number of aliphatic hydroxyl groups is 1. The van der Waals surface area contributed by atoms with Gasteiger partial charge in [-0.25, -0.2) is 0 Å². The lowest BCUT2D eigenvalue weighted by atomic mass is 9.90. The molecular weight excluding hydrogens is 1820 g/mol. The van der Waals surface area contributed by atoms with Crippen molar-refractivity contribution in [2.24, 2.45) is 29.0 Å². The second kappa shape index (κ2) is 52.2. The number of rotatable bonds is 28. The number of unbranched alkanes of at least 4 members (excludes halogenated alkanes) is 2. The Morgan fingerprint density at radius 1 is 0.572 bits per heavy atom. The average molecular weight is 1950 g/mol. The minimum Gasteiger partial charge on any atom is -0.508 e. The van der Waals surface area contributed by atoms with Crippen molar-refractivity contribution in [2.45, 2.75) is 235 Å². The van der Waals surface area contributed by atoms with Crippen molar-refractivity contribution in [1.29, 1.82) is 0 Å². The van der Waals surface area contributed by atoms with E-state index in [-0.39, 0.29) is 68.9 Å². The number of ketones is 1. The monoisotopic (exact) mass is 1950 g/mol. The molecule has 3 aromatic carbocycles. The van der Waals surface area contributed by atoms with Crippen molar-refractivity contribution < 1.29 is 115 Å². The van der Waals surface area contributed by atoms with Gasteiger partial charge in [0.15, 0.2) is 5.78 Å². The number of primary amides is 2. The molecule has 16 amide bonds. The number of para-hydroxylation sites is 2. The molecule has 21 N–H and O–H groups in total.